The largest absolute Gasteiger partial charge is 0.381 e. The van der Waals surface area contributed by atoms with Crippen LogP contribution in [0, 0.1) is 0 Å². The highest BCUT2D eigenvalue weighted by molar-refractivity contribution is 7.99. The summed E-state index contributed by atoms with van der Waals surface area (Å²) in [6.45, 7) is 0.665. The molecule has 0 atom stereocenters. The van der Waals surface area contributed by atoms with Crippen LogP contribution in [0.1, 0.15) is 5.56 Å². The SMILES string of the molecule is FC(F)Sc1ccc(NCc2ccc(Cl)cc2)cc1. The fourth-order valence-corrected chi connectivity index (χ4v) is 2.19. The molecule has 100 valence electrons. The molecular formula is C14H12ClF2NS. The normalized spacial score (nSPS) is 10.7. The zero-order chi connectivity index (χ0) is 13.7. The molecule has 0 aliphatic rings. The van der Waals surface area contributed by atoms with Gasteiger partial charge in [-0.3, -0.25) is 0 Å². The predicted octanol–water partition coefficient (Wildman–Crippen LogP) is 5.27. The number of hydrogen-bond acceptors (Lipinski definition) is 2. The average Bonchev–Trinajstić information content (AvgIpc) is 2.39. The summed E-state index contributed by atoms with van der Waals surface area (Å²) < 4.78 is 24.3. The zero-order valence-corrected chi connectivity index (χ0v) is 11.5. The van der Waals surface area contributed by atoms with E-state index in [1.54, 1.807) is 24.3 Å². The molecule has 1 N–H and O–H groups in total. The fraction of sp³-hybridized carbons (Fsp3) is 0.143. The van der Waals surface area contributed by atoms with Gasteiger partial charge in [-0.25, -0.2) is 0 Å². The topological polar surface area (TPSA) is 12.0 Å². The number of nitrogens with one attached hydrogen (secondary N) is 1. The molecule has 0 aliphatic heterocycles. The molecule has 0 saturated heterocycles. The van der Waals surface area contributed by atoms with Crippen molar-refractivity contribution in [2.24, 2.45) is 0 Å². The maximum absolute atomic E-state index is 12.2. The van der Waals surface area contributed by atoms with E-state index in [0.717, 1.165) is 11.3 Å². The van der Waals surface area contributed by atoms with Gasteiger partial charge in [0.2, 0.25) is 0 Å². The van der Waals surface area contributed by atoms with Crippen LogP contribution in [0.4, 0.5) is 14.5 Å². The number of rotatable bonds is 5. The van der Waals surface area contributed by atoms with Crippen molar-refractivity contribution in [1.82, 2.24) is 0 Å². The molecule has 19 heavy (non-hydrogen) atoms. The molecule has 0 aromatic heterocycles. The van der Waals surface area contributed by atoms with Crippen LogP contribution >= 0.6 is 23.4 Å². The lowest BCUT2D eigenvalue weighted by Crippen LogP contribution is -1.98. The Morgan fingerprint density at radius 2 is 1.63 bits per heavy atom. The van der Waals surface area contributed by atoms with Gasteiger partial charge in [0, 0.05) is 22.2 Å². The van der Waals surface area contributed by atoms with Gasteiger partial charge in [0.05, 0.1) is 0 Å². The monoisotopic (exact) mass is 299 g/mol. The van der Waals surface area contributed by atoms with Crippen LogP contribution in [-0.2, 0) is 6.54 Å². The Morgan fingerprint density at radius 1 is 1.00 bits per heavy atom. The first kappa shape index (κ1) is 14.2. The van der Waals surface area contributed by atoms with Gasteiger partial charge in [0.1, 0.15) is 0 Å². The molecular weight excluding hydrogens is 288 g/mol. The van der Waals surface area contributed by atoms with Gasteiger partial charge >= 0.3 is 0 Å². The summed E-state index contributed by atoms with van der Waals surface area (Å²) in [5.74, 6) is -2.38. The van der Waals surface area contributed by atoms with Gasteiger partial charge in [-0.2, -0.15) is 8.78 Å². The molecule has 0 fully saturated rings. The average molecular weight is 300 g/mol. The second kappa shape index (κ2) is 6.78. The second-order valence-corrected chi connectivity index (χ2v) is 5.38. The molecule has 2 aromatic rings. The maximum Gasteiger partial charge on any atom is 0.288 e. The summed E-state index contributed by atoms with van der Waals surface area (Å²) in [7, 11) is 0. The number of alkyl halides is 2. The Kier molecular flexibility index (Phi) is 5.05. The first-order valence-electron chi connectivity index (χ1n) is 5.67. The van der Waals surface area contributed by atoms with Crippen LogP contribution in [-0.4, -0.2) is 5.76 Å². The highest BCUT2D eigenvalue weighted by Crippen LogP contribution is 2.26. The van der Waals surface area contributed by atoms with E-state index in [0.29, 0.717) is 28.2 Å². The predicted molar refractivity (Wildman–Crippen MR) is 77.1 cm³/mol. The maximum atomic E-state index is 12.2. The molecule has 0 aliphatic carbocycles. The quantitative estimate of drug-likeness (QED) is 0.755. The standard InChI is InChI=1S/C14H12ClF2NS/c15-11-3-1-10(2-4-11)9-18-12-5-7-13(8-6-12)19-14(16)17/h1-8,14,18H,9H2. The van der Waals surface area contributed by atoms with Gasteiger partial charge in [-0.05, 0) is 42.0 Å². The van der Waals surface area contributed by atoms with Crippen molar-refractivity contribution in [2.45, 2.75) is 17.2 Å². The Balaban J connectivity index is 1.91. The van der Waals surface area contributed by atoms with Crippen LogP contribution in [0.15, 0.2) is 53.4 Å². The highest BCUT2D eigenvalue weighted by Gasteiger charge is 2.04. The van der Waals surface area contributed by atoms with Crippen molar-refractivity contribution >= 4 is 29.1 Å². The van der Waals surface area contributed by atoms with Crippen LogP contribution in [0.25, 0.3) is 0 Å². The fourth-order valence-electron chi connectivity index (χ4n) is 1.56. The zero-order valence-electron chi connectivity index (χ0n) is 9.95. The summed E-state index contributed by atoms with van der Waals surface area (Å²) >= 11 is 6.35. The van der Waals surface area contributed by atoms with E-state index in [-0.39, 0.29) is 0 Å². The van der Waals surface area contributed by atoms with Crippen molar-refractivity contribution in [3.05, 3.63) is 59.1 Å². The lowest BCUT2D eigenvalue weighted by molar-refractivity contribution is 0.252. The number of anilines is 1. The summed E-state index contributed by atoms with van der Waals surface area (Å²) in [4.78, 5) is 0.562. The third kappa shape index (κ3) is 4.73. The molecule has 0 unspecified atom stereocenters. The van der Waals surface area contributed by atoms with Crippen LogP contribution < -0.4 is 5.32 Å². The molecule has 1 nitrogen and oxygen atoms in total. The van der Waals surface area contributed by atoms with E-state index in [1.165, 1.54) is 0 Å². The lowest BCUT2D eigenvalue weighted by atomic mass is 10.2. The van der Waals surface area contributed by atoms with E-state index in [4.69, 9.17) is 11.6 Å². The molecule has 2 rings (SSSR count). The van der Waals surface area contributed by atoms with Gasteiger partial charge in [0.25, 0.3) is 5.76 Å². The van der Waals surface area contributed by atoms with Gasteiger partial charge < -0.3 is 5.32 Å². The Morgan fingerprint density at radius 3 is 2.21 bits per heavy atom. The van der Waals surface area contributed by atoms with E-state index < -0.39 is 5.76 Å². The van der Waals surface area contributed by atoms with E-state index in [9.17, 15) is 8.78 Å². The summed E-state index contributed by atoms with van der Waals surface area (Å²) in [6, 6.07) is 14.5. The smallest absolute Gasteiger partial charge is 0.288 e. The van der Waals surface area contributed by atoms with Crippen LogP contribution in [0.5, 0.6) is 0 Å². The number of halogens is 3. The van der Waals surface area contributed by atoms with Crippen molar-refractivity contribution in [2.75, 3.05) is 5.32 Å². The summed E-state index contributed by atoms with van der Waals surface area (Å²) in [5, 5.41) is 3.93. The number of hydrogen-bond donors (Lipinski definition) is 1. The molecule has 0 heterocycles. The minimum Gasteiger partial charge on any atom is -0.381 e. The minimum absolute atomic E-state index is 0.547. The van der Waals surface area contributed by atoms with Crippen molar-refractivity contribution in [3.8, 4) is 0 Å². The van der Waals surface area contributed by atoms with Crippen LogP contribution in [0.3, 0.4) is 0 Å². The number of benzene rings is 2. The van der Waals surface area contributed by atoms with Gasteiger partial charge in [-0.1, -0.05) is 35.5 Å². The number of thioether (sulfide) groups is 1. The van der Waals surface area contributed by atoms with Gasteiger partial charge in [0.15, 0.2) is 0 Å². The van der Waals surface area contributed by atoms with E-state index >= 15 is 0 Å². The van der Waals surface area contributed by atoms with Crippen LogP contribution in [0.2, 0.25) is 5.02 Å². The Bertz CT molecular complexity index is 514. The summed E-state index contributed by atoms with van der Waals surface area (Å²) in [6.07, 6.45) is 0. The molecule has 0 bridgehead atoms. The molecule has 0 spiro atoms. The van der Waals surface area contributed by atoms with Gasteiger partial charge in [-0.15, -0.1) is 0 Å². The highest BCUT2D eigenvalue weighted by atomic mass is 35.5. The second-order valence-electron chi connectivity index (χ2n) is 3.88. The van der Waals surface area contributed by atoms with E-state index in [1.807, 2.05) is 24.3 Å². The lowest BCUT2D eigenvalue weighted by Gasteiger charge is -2.07. The third-order valence-electron chi connectivity index (χ3n) is 2.49. The first-order chi connectivity index (χ1) is 9.13. The summed E-state index contributed by atoms with van der Waals surface area (Å²) in [5.41, 5.74) is 2.00. The molecule has 0 amide bonds. The van der Waals surface area contributed by atoms with Crippen molar-refractivity contribution in [1.29, 1.82) is 0 Å². The van der Waals surface area contributed by atoms with Crippen molar-refractivity contribution < 1.29 is 8.78 Å². The minimum atomic E-state index is -2.38. The molecule has 0 saturated carbocycles. The first-order valence-corrected chi connectivity index (χ1v) is 6.92. The Labute approximate surface area is 120 Å². The Hall–Kier alpha value is -1.26. The molecule has 0 radical (unpaired) electrons. The van der Waals surface area contributed by atoms with Crippen molar-refractivity contribution in [3.63, 3.8) is 0 Å². The molecule has 2 aromatic carbocycles. The third-order valence-corrected chi connectivity index (χ3v) is 3.46. The van der Waals surface area contributed by atoms with E-state index in [2.05, 4.69) is 5.32 Å². The molecule has 5 heteroatoms.